The standard InChI is InChI=1S/C16H32N2O6/c1-3-5-7-9-11-13(17(21)22)15(19)16(20)14(18(23)24)12-10-8-6-4-2/h13-16,19-20H,3-12H2,1-2H3/t13-,14-,15-,16+/m1/s1. The summed E-state index contributed by atoms with van der Waals surface area (Å²) in [6.45, 7) is 4.04. The number of nitrogens with zero attached hydrogens (tertiary/aromatic N) is 2. The lowest BCUT2D eigenvalue weighted by molar-refractivity contribution is -0.559. The summed E-state index contributed by atoms with van der Waals surface area (Å²) in [6, 6.07) is -2.73. The van der Waals surface area contributed by atoms with E-state index in [1.165, 1.54) is 0 Å². The van der Waals surface area contributed by atoms with Crippen LogP contribution in [0.3, 0.4) is 0 Å². The monoisotopic (exact) mass is 348 g/mol. The van der Waals surface area contributed by atoms with Gasteiger partial charge in [-0.05, 0) is 12.8 Å². The van der Waals surface area contributed by atoms with Gasteiger partial charge in [0, 0.05) is 22.7 Å². The first-order valence-corrected chi connectivity index (χ1v) is 8.99. The van der Waals surface area contributed by atoms with Gasteiger partial charge in [0.2, 0.25) is 12.1 Å². The maximum Gasteiger partial charge on any atom is 0.241 e. The third kappa shape index (κ3) is 8.54. The van der Waals surface area contributed by atoms with E-state index in [-0.39, 0.29) is 12.8 Å². The molecule has 0 fully saturated rings. The van der Waals surface area contributed by atoms with Crippen molar-refractivity contribution in [3.63, 3.8) is 0 Å². The fourth-order valence-corrected chi connectivity index (χ4v) is 2.82. The Kier molecular flexibility index (Phi) is 12.4. The number of aliphatic hydroxyl groups is 2. The minimum absolute atomic E-state index is 0.117. The van der Waals surface area contributed by atoms with Gasteiger partial charge >= 0.3 is 0 Å². The molecule has 0 rings (SSSR count). The average Bonchev–Trinajstić information content (AvgIpc) is 2.53. The second-order valence-electron chi connectivity index (χ2n) is 6.39. The fourth-order valence-electron chi connectivity index (χ4n) is 2.82. The van der Waals surface area contributed by atoms with E-state index < -0.39 is 34.1 Å². The number of aliphatic hydroxyl groups excluding tert-OH is 2. The van der Waals surface area contributed by atoms with E-state index in [0.29, 0.717) is 12.8 Å². The molecular weight excluding hydrogens is 316 g/mol. The van der Waals surface area contributed by atoms with Crippen LogP contribution in [0.25, 0.3) is 0 Å². The van der Waals surface area contributed by atoms with Gasteiger partial charge in [0.25, 0.3) is 0 Å². The molecule has 0 amide bonds. The predicted molar refractivity (Wildman–Crippen MR) is 91.1 cm³/mol. The molecule has 0 saturated carbocycles. The highest BCUT2D eigenvalue weighted by Crippen LogP contribution is 2.19. The van der Waals surface area contributed by atoms with Crippen LogP contribution in [0.4, 0.5) is 0 Å². The maximum atomic E-state index is 11.2. The Morgan fingerprint density at radius 3 is 1.29 bits per heavy atom. The van der Waals surface area contributed by atoms with Crippen molar-refractivity contribution in [1.82, 2.24) is 0 Å². The second-order valence-corrected chi connectivity index (χ2v) is 6.39. The van der Waals surface area contributed by atoms with Crippen molar-refractivity contribution in [3.8, 4) is 0 Å². The Morgan fingerprint density at radius 1 is 0.708 bits per heavy atom. The van der Waals surface area contributed by atoms with Gasteiger partial charge in [0.1, 0.15) is 0 Å². The third-order valence-corrected chi connectivity index (χ3v) is 4.39. The first-order chi connectivity index (χ1) is 11.4. The summed E-state index contributed by atoms with van der Waals surface area (Å²) < 4.78 is 0. The van der Waals surface area contributed by atoms with Crippen molar-refractivity contribution in [2.24, 2.45) is 0 Å². The first kappa shape index (κ1) is 22.7. The molecule has 0 saturated heterocycles. The molecule has 142 valence electrons. The van der Waals surface area contributed by atoms with Crippen molar-refractivity contribution >= 4 is 0 Å². The quantitative estimate of drug-likeness (QED) is 0.266. The van der Waals surface area contributed by atoms with Crippen LogP contribution in [-0.2, 0) is 0 Å². The van der Waals surface area contributed by atoms with Crippen molar-refractivity contribution in [2.75, 3.05) is 0 Å². The van der Waals surface area contributed by atoms with Crippen LogP contribution in [0.15, 0.2) is 0 Å². The van der Waals surface area contributed by atoms with Crippen LogP contribution in [0, 0.1) is 20.2 Å². The molecule has 2 N–H and O–H groups in total. The molecule has 8 heteroatoms. The van der Waals surface area contributed by atoms with Crippen molar-refractivity contribution in [1.29, 1.82) is 0 Å². The Morgan fingerprint density at radius 2 is 1.04 bits per heavy atom. The van der Waals surface area contributed by atoms with Gasteiger partial charge in [0.15, 0.2) is 12.2 Å². The number of rotatable bonds is 15. The highest BCUT2D eigenvalue weighted by atomic mass is 16.6. The summed E-state index contributed by atoms with van der Waals surface area (Å²) in [5.41, 5.74) is 0. The van der Waals surface area contributed by atoms with E-state index in [9.17, 15) is 30.4 Å². The smallest absolute Gasteiger partial charge is 0.241 e. The van der Waals surface area contributed by atoms with E-state index in [1.54, 1.807) is 0 Å². The van der Waals surface area contributed by atoms with Crippen LogP contribution >= 0.6 is 0 Å². The molecule has 0 aromatic carbocycles. The lowest BCUT2D eigenvalue weighted by Gasteiger charge is -2.23. The number of hydrogen-bond acceptors (Lipinski definition) is 6. The molecule has 24 heavy (non-hydrogen) atoms. The zero-order valence-electron chi connectivity index (χ0n) is 14.8. The van der Waals surface area contributed by atoms with Crippen LogP contribution in [-0.4, -0.2) is 44.4 Å². The molecule has 0 aliphatic rings. The van der Waals surface area contributed by atoms with Crippen LogP contribution < -0.4 is 0 Å². The predicted octanol–water partition coefficient (Wildman–Crippen LogP) is 2.94. The van der Waals surface area contributed by atoms with Crippen molar-refractivity contribution in [3.05, 3.63) is 20.2 Å². The van der Waals surface area contributed by atoms with E-state index in [0.717, 1.165) is 38.5 Å². The Balaban J connectivity index is 4.72. The summed E-state index contributed by atoms with van der Waals surface area (Å²) in [7, 11) is 0. The summed E-state index contributed by atoms with van der Waals surface area (Å²) in [4.78, 5) is 21.1. The zero-order valence-corrected chi connectivity index (χ0v) is 14.8. The third-order valence-electron chi connectivity index (χ3n) is 4.39. The topological polar surface area (TPSA) is 127 Å². The Labute approximate surface area is 143 Å². The van der Waals surface area contributed by atoms with Gasteiger partial charge in [-0.3, -0.25) is 20.2 Å². The first-order valence-electron chi connectivity index (χ1n) is 8.99. The van der Waals surface area contributed by atoms with Crippen molar-refractivity contribution in [2.45, 2.75) is 102 Å². The normalized spacial score (nSPS) is 16.3. The van der Waals surface area contributed by atoms with E-state index in [4.69, 9.17) is 0 Å². The molecule has 0 unspecified atom stereocenters. The van der Waals surface area contributed by atoms with Gasteiger partial charge in [-0.25, -0.2) is 0 Å². The summed E-state index contributed by atoms with van der Waals surface area (Å²) in [6.07, 6.45) is 3.37. The fraction of sp³-hybridized carbons (Fsp3) is 1.00. The second kappa shape index (κ2) is 13.1. The van der Waals surface area contributed by atoms with Gasteiger partial charge < -0.3 is 10.2 Å². The SMILES string of the molecule is CCCCCC[C@H]([C@H](O)[C@H](O)[C@@H](CCCCCC)[N+](=O)[O-])[N+](=O)[O-]. The summed E-state index contributed by atoms with van der Waals surface area (Å²) >= 11 is 0. The van der Waals surface area contributed by atoms with Crippen LogP contribution in [0.2, 0.25) is 0 Å². The largest absolute Gasteiger partial charge is 0.383 e. The molecule has 0 spiro atoms. The Hall–Kier alpha value is -1.28. The van der Waals surface area contributed by atoms with E-state index in [2.05, 4.69) is 0 Å². The molecule has 0 heterocycles. The molecule has 0 radical (unpaired) electrons. The lowest BCUT2D eigenvalue weighted by atomic mass is 9.93. The number of nitro groups is 2. The summed E-state index contributed by atoms with van der Waals surface area (Å²) in [5.74, 6) is 0. The van der Waals surface area contributed by atoms with Gasteiger partial charge in [-0.15, -0.1) is 0 Å². The molecule has 0 aromatic heterocycles. The molecule has 0 aromatic rings. The van der Waals surface area contributed by atoms with Crippen molar-refractivity contribution < 1.29 is 20.1 Å². The minimum Gasteiger partial charge on any atom is -0.383 e. The van der Waals surface area contributed by atoms with E-state index >= 15 is 0 Å². The molecule has 4 atom stereocenters. The summed E-state index contributed by atoms with van der Waals surface area (Å²) in [5, 5.41) is 42.6. The van der Waals surface area contributed by atoms with Gasteiger partial charge in [0.05, 0.1) is 0 Å². The average molecular weight is 348 g/mol. The molecule has 0 bridgehead atoms. The number of unbranched alkanes of at least 4 members (excludes halogenated alkanes) is 6. The minimum atomic E-state index is -1.72. The van der Waals surface area contributed by atoms with Gasteiger partial charge in [-0.2, -0.15) is 0 Å². The van der Waals surface area contributed by atoms with Crippen LogP contribution in [0.5, 0.6) is 0 Å². The maximum absolute atomic E-state index is 11.2. The zero-order chi connectivity index (χ0) is 18.5. The van der Waals surface area contributed by atoms with Gasteiger partial charge in [-0.1, -0.05) is 52.4 Å². The highest BCUT2D eigenvalue weighted by molar-refractivity contribution is 4.82. The molecular formula is C16H32N2O6. The number of hydrogen-bond donors (Lipinski definition) is 2. The highest BCUT2D eigenvalue weighted by Gasteiger charge is 2.43. The lowest BCUT2D eigenvalue weighted by Crippen LogP contribution is -2.49. The molecule has 8 nitrogen and oxygen atoms in total. The Bertz CT molecular complexity index is 332. The molecule has 0 aliphatic heterocycles. The van der Waals surface area contributed by atoms with E-state index in [1.807, 2.05) is 13.8 Å². The molecule has 0 aliphatic carbocycles. The van der Waals surface area contributed by atoms with Crippen LogP contribution in [0.1, 0.15) is 78.1 Å².